The van der Waals surface area contributed by atoms with Gasteiger partial charge in [0.15, 0.2) is 0 Å². The number of hydrogen-bond acceptors (Lipinski definition) is 3. The summed E-state index contributed by atoms with van der Waals surface area (Å²) < 4.78 is 5.94. The highest BCUT2D eigenvalue weighted by molar-refractivity contribution is 5.81. The van der Waals surface area contributed by atoms with Gasteiger partial charge in [-0.15, -0.1) is 0 Å². The second-order valence-electron chi connectivity index (χ2n) is 7.79. The third-order valence-electron chi connectivity index (χ3n) is 4.76. The highest BCUT2D eigenvalue weighted by Crippen LogP contribution is 2.34. The molecule has 0 unspecified atom stereocenters. The fourth-order valence-corrected chi connectivity index (χ4v) is 3.94. The first kappa shape index (κ1) is 16.0. The Morgan fingerprint density at radius 3 is 2.77 bits per heavy atom. The van der Waals surface area contributed by atoms with Gasteiger partial charge in [-0.3, -0.25) is 9.69 Å². The van der Waals surface area contributed by atoms with E-state index in [2.05, 4.69) is 36.6 Å². The van der Waals surface area contributed by atoms with Gasteiger partial charge >= 0.3 is 0 Å². The van der Waals surface area contributed by atoms with Crippen molar-refractivity contribution >= 4 is 5.91 Å². The molecule has 2 fully saturated rings. The van der Waals surface area contributed by atoms with Gasteiger partial charge in [-0.05, 0) is 59.3 Å². The summed E-state index contributed by atoms with van der Waals surface area (Å²) in [6, 6.07) is 0.475. The standard InChI is InChI=1S/C18H30N2O2/c1-14-11-19(13-18(2,3)22-14)12-17(21)20(16-9-10-16)15-7-5-4-6-8-15/h7,14,16H,4-6,8-13H2,1-3H3/t14-/m1/s1. The average molecular weight is 306 g/mol. The number of amides is 1. The quantitative estimate of drug-likeness (QED) is 0.800. The summed E-state index contributed by atoms with van der Waals surface area (Å²) in [7, 11) is 0. The topological polar surface area (TPSA) is 32.8 Å². The Kier molecular flexibility index (Phi) is 4.60. The maximum atomic E-state index is 12.9. The highest BCUT2D eigenvalue weighted by atomic mass is 16.5. The molecular formula is C18H30N2O2. The molecule has 0 radical (unpaired) electrons. The molecule has 2 aliphatic carbocycles. The van der Waals surface area contributed by atoms with Gasteiger partial charge in [0.25, 0.3) is 0 Å². The van der Waals surface area contributed by atoms with E-state index in [1.807, 2.05) is 0 Å². The molecule has 3 aliphatic rings. The molecule has 0 N–H and O–H groups in total. The Bertz CT molecular complexity index is 454. The maximum absolute atomic E-state index is 12.9. The van der Waals surface area contributed by atoms with E-state index >= 15 is 0 Å². The van der Waals surface area contributed by atoms with Crippen molar-refractivity contribution in [3.05, 3.63) is 11.8 Å². The van der Waals surface area contributed by atoms with E-state index < -0.39 is 0 Å². The van der Waals surface area contributed by atoms with E-state index in [0.717, 1.165) is 25.9 Å². The fraction of sp³-hybridized carbons (Fsp3) is 0.833. The summed E-state index contributed by atoms with van der Waals surface area (Å²) in [4.78, 5) is 17.3. The van der Waals surface area contributed by atoms with Crippen LogP contribution in [-0.2, 0) is 9.53 Å². The van der Waals surface area contributed by atoms with Crippen LogP contribution in [0.5, 0.6) is 0 Å². The van der Waals surface area contributed by atoms with Crippen LogP contribution in [0.3, 0.4) is 0 Å². The average Bonchev–Trinajstić information content (AvgIpc) is 3.22. The van der Waals surface area contributed by atoms with Gasteiger partial charge in [0.1, 0.15) is 0 Å². The van der Waals surface area contributed by atoms with Gasteiger partial charge in [-0.1, -0.05) is 6.08 Å². The predicted molar refractivity (Wildman–Crippen MR) is 87.5 cm³/mol. The molecule has 1 saturated carbocycles. The fourth-order valence-electron chi connectivity index (χ4n) is 3.94. The smallest absolute Gasteiger partial charge is 0.241 e. The van der Waals surface area contributed by atoms with Gasteiger partial charge in [-0.25, -0.2) is 0 Å². The Morgan fingerprint density at radius 1 is 1.41 bits per heavy atom. The summed E-state index contributed by atoms with van der Waals surface area (Å²) in [5, 5.41) is 0. The zero-order valence-electron chi connectivity index (χ0n) is 14.3. The molecule has 0 aromatic heterocycles. The van der Waals surface area contributed by atoms with Crippen LogP contribution in [0.2, 0.25) is 0 Å². The molecule has 1 saturated heterocycles. The number of rotatable bonds is 4. The first-order valence-electron chi connectivity index (χ1n) is 8.86. The van der Waals surface area contributed by atoms with Crippen molar-refractivity contribution in [1.29, 1.82) is 0 Å². The molecule has 0 aromatic rings. The molecular weight excluding hydrogens is 276 g/mol. The second-order valence-corrected chi connectivity index (χ2v) is 7.79. The first-order chi connectivity index (χ1) is 10.4. The van der Waals surface area contributed by atoms with Gasteiger partial charge in [0.05, 0.1) is 18.2 Å². The van der Waals surface area contributed by atoms with E-state index in [0.29, 0.717) is 18.5 Å². The lowest BCUT2D eigenvalue weighted by atomic mass is 10.0. The largest absolute Gasteiger partial charge is 0.370 e. The summed E-state index contributed by atoms with van der Waals surface area (Å²) >= 11 is 0. The Labute approximate surface area is 134 Å². The number of hydrogen-bond donors (Lipinski definition) is 0. The van der Waals surface area contributed by atoms with Crippen LogP contribution < -0.4 is 0 Å². The molecule has 124 valence electrons. The van der Waals surface area contributed by atoms with Crippen molar-refractivity contribution < 1.29 is 9.53 Å². The van der Waals surface area contributed by atoms with Crippen LogP contribution in [0.25, 0.3) is 0 Å². The van der Waals surface area contributed by atoms with Crippen molar-refractivity contribution in [3.63, 3.8) is 0 Å². The van der Waals surface area contributed by atoms with Crippen molar-refractivity contribution in [2.45, 2.75) is 77.0 Å². The molecule has 22 heavy (non-hydrogen) atoms. The molecule has 1 aliphatic heterocycles. The van der Waals surface area contributed by atoms with Crippen molar-refractivity contribution in [2.24, 2.45) is 0 Å². The van der Waals surface area contributed by atoms with E-state index in [4.69, 9.17) is 4.74 Å². The zero-order valence-corrected chi connectivity index (χ0v) is 14.3. The minimum atomic E-state index is -0.160. The molecule has 4 heteroatoms. The highest BCUT2D eigenvalue weighted by Gasteiger charge is 2.37. The lowest BCUT2D eigenvalue weighted by Crippen LogP contribution is -2.54. The maximum Gasteiger partial charge on any atom is 0.241 e. The van der Waals surface area contributed by atoms with E-state index in [9.17, 15) is 4.79 Å². The summed E-state index contributed by atoms with van der Waals surface area (Å²) in [5.41, 5.74) is 1.13. The van der Waals surface area contributed by atoms with Crippen LogP contribution in [0.4, 0.5) is 0 Å². The number of nitrogens with zero attached hydrogens (tertiary/aromatic N) is 2. The Morgan fingerprint density at radius 2 is 2.18 bits per heavy atom. The van der Waals surface area contributed by atoms with Gasteiger partial charge in [0, 0.05) is 24.8 Å². The summed E-state index contributed by atoms with van der Waals surface area (Å²) in [6.07, 6.45) is 9.55. The number of morpholine rings is 1. The summed E-state index contributed by atoms with van der Waals surface area (Å²) in [6.45, 7) is 8.55. The van der Waals surface area contributed by atoms with Crippen molar-refractivity contribution in [2.75, 3.05) is 19.6 Å². The van der Waals surface area contributed by atoms with Gasteiger partial charge in [-0.2, -0.15) is 0 Å². The number of carbonyl (C=O) groups excluding carboxylic acids is 1. The van der Waals surface area contributed by atoms with E-state index in [-0.39, 0.29) is 11.7 Å². The van der Waals surface area contributed by atoms with Crippen LogP contribution in [-0.4, -0.2) is 53.1 Å². The minimum absolute atomic E-state index is 0.160. The Hall–Kier alpha value is -0.870. The van der Waals surface area contributed by atoms with E-state index in [1.54, 1.807) is 0 Å². The van der Waals surface area contributed by atoms with Crippen molar-refractivity contribution in [1.82, 2.24) is 9.80 Å². The molecule has 4 nitrogen and oxygen atoms in total. The first-order valence-corrected chi connectivity index (χ1v) is 8.86. The summed E-state index contributed by atoms with van der Waals surface area (Å²) in [5.74, 6) is 0.292. The van der Waals surface area contributed by atoms with Crippen LogP contribution in [0.1, 0.15) is 59.3 Å². The van der Waals surface area contributed by atoms with Crippen LogP contribution in [0, 0.1) is 0 Å². The second kappa shape index (κ2) is 6.32. The third kappa shape index (κ3) is 3.90. The van der Waals surface area contributed by atoms with Gasteiger partial charge in [0.2, 0.25) is 5.91 Å². The molecule has 1 atom stereocenters. The molecule has 0 aromatic carbocycles. The molecule has 0 spiro atoms. The van der Waals surface area contributed by atoms with Gasteiger partial charge < -0.3 is 9.64 Å². The minimum Gasteiger partial charge on any atom is -0.370 e. The zero-order chi connectivity index (χ0) is 15.7. The SMILES string of the molecule is C[C@@H]1CN(CC(=O)N(C2=CCCCC2)C2CC2)CC(C)(C)O1. The predicted octanol–water partition coefficient (Wildman–Crippen LogP) is 2.93. The monoisotopic (exact) mass is 306 g/mol. The third-order valence-corrected chi connectivity index (χ3v) is 4.76. The number of allylic oxidation sites excluding steroid dienone is 2. The molecule has 1 amide bonds. The normalized spacial score (nSPS) is 29.0. The van der Waals surface area contributed by atoms with Crippen LogP contribution >= 0.6 is 0 Å². The van der Waals surface area contributed by atoms with E-state index in [1.165, 1.54) is 31.4 Å². The number of ether oxygens (including phenoxy) is 1. The molecule has 0 bridgehead atoms. The van der Waals surface area contributed by atoms with Crippen molar-refractivity contribution in [3.8, 4) is 0 Å². The molecule has 1 heterocycles. The number of carbonyl (C=O) groups is 1. The van der Waals surface area contributed by atoms with Crippen LogP contribution in [0.15, 0.2) is 11.8 Å². The Balaban J connectivity index is 1.65. The molecule has 3 rings (SSSR count). The lowest BCUT2D eigenvalue weighted by Gasteiger charge is -2.42. The lowest BCUT2D eigenvalue weighted by molar-refractivity contribution is -0.144.